The van der Waals surface area contributed by atoms with Gasteiger partial charge in [-0.15, -0.1) is 16.8 Å². The number of ketones is 1. The largest absolute Gasteiger partial charge is 0.497 e. The predicted octanol–water partition coefficient (Wildman–Crippen LogP) is 4.59. The fourth-order valence-corrected chi connectivity index (χ4v) is 3.67. The van der Waals surface area contributed by atoms with E-state index in [1.165, 1.54) is 17.3 Å². The van der Waals surface area contributed by atoms with E-state index in [9.17, 15) is 4.79 Å². The summed E-state index contributed by atoms with van der Waals surface area (Å²) in [4.78, 5) is 12.5. The van der Waals surface area contributed by atoms with Crippen molar-refractivity contribution < 1.29 is 14.3 Å². The zero-order valence-corrected chi connectivity index (χ0v) is 18.0. The van der Waals surface area contributed by atoms with Gasteiger partial charge in [-0.3, -0.25) is 9.36 Å². The van der Waals surface area contributed by atoms with Crippen LogP contribution in [0.3, 0.4) is 0 Å². The van der Waals surface area contributed by atoms with Crippen molar-refractivity contribution in [1.29, 1.82) is 0 Å². The summed E-state index contributed by atoms with van der Waals surface area (Å²) >= 11 is 1.35. The Labute approximate surface area is 180 Å². The zero-order chi connectivity index (χ0) is 21.3. The third kappa shape index (κ3) is 5.51. The van der Waals surface area contributed by atoms with E-state index >= 15 is 0 Å². The monoisotopic (exact) mass is 423 g/mol. The van der Waals surface area contributed by atoms with E-state index < -0.39 is 0 Å². The zero-order valence-electron chi connectivity index (χ0n) is 17.2. The fourth-order valence-electron chi connectivity index (χ4n) is 2.80. The van der Waals surface area contributed by atoms with Gasteiger partial charge >= 0.3 is 0 Å². The van der Waals surface area contributed by atoms with Gasteiger partial charge in [-0.25, -0.2) is 0 Å². The summed E-state index contributed by atoms with van der Waals surface area (Å²) < 4.78 is 12.9. The Balaban J connectivity index is 1.63. The van der Waals surface area contributed by atoms with Crippen LogP contribution in [0.1, 0.15) is 28.7 Å². The van der Waals surface area contributed by atoms with Crippen LogP contribution in [0, 0.1) is 0 Å². The second-order valence-electron chi connectivity index (χ2n) is 6.52. The lowest BCUT2D eigenvalue weighted by atomic mass is 10.1. The first kappa shape index (κ1) is 21.6. The maximum Gasteiger partial charge on any atom is 0.192 e. The average molecular weight is 424 g/mol. The highest BCUT2D eigenvalue weighted by Gasteiger charge is 2.15. The molecule has 7 heteroatoms. The number of ether oxygens (including phenoxy) is 2. The average Bonchev–Trinajstić information content (AvgIpc) is 3.18. The van der Waals surface area contributed by atoms with Gasteiger partial charge in [0.1, 0.15) is 18.1 Å². The van der Waals surface area contributed by atoms with E-state index in [0.717, 1.165) is 17.9 Å². The topological polar surface area (TPSA) is 66.2 Å². The van der Waals surface area contributed by atoms with Crippen LogP contribution in [0.5, 0.6) is 11.5 Å². The van der Waals surface area contributed by atoms with E-state index in [0.29, 0.717) is 29.7 Å². The van der Waals surface area contributed by atoms with Crippen molar-refractivity contribution >= 4 is 17.5 Å². The van der Waals surface area contributed by atoms with Gasteiger partial charge in [0.2, 0.25) is 0 Å². The Morgan fingerprint density at radius 2 is 1.80 bits per heavy atom. The summed E-state index contributed by atoms with van der Waals surface area (Å²) in [5.74, 6) is 2.47. The van der Waals surface area contributed by atoms with Gasteiger partial charge in [-0.1, -0.05) is 36.9 Å². The Kier molecular flexibility index (Phi) is 7.68. The van der Waals surface area contributed by atoms with E-state index in [4.69, 9.17) is 9.47 Å². The van der Waals surface area contributed by atoms with Crippen LogP contribution in [0.25, 0.3) is 0 Å². The van der Waals surface area contributed by atoms with Crippen LogP contribution in [-0.2, 0) is 19.6 Å². The molecule has 0 unspecified atom stereocenters. The van der Waals surface area contributed by atoms with Crippen LogP contribution in [0.4, 0.5) is 0 Å². The quantitative estimate of drug-likeness (QED) is 0.255. The standard InChI is InChI=1S/C23H25N3O3S/c1-4-14-26-22(15-29-20-10-6-17(5-2)7-11-20)24-25-23(26)30-16-21(27)18-8-12-19(28-3)13-9-18/h4,6-13H,1,5,14-16H2,2-3H3. The lowest BCUT2D eigenvalue weighted by Crippen LogP contribution is -2.09. The Morgan fingerprint density at radius 3 is 2.43 bits per heavy atom. The van der Waals surface area contributed by atoms with Gasteiger partial charge in [-0.05, 0) is 48.4 Å². The van der Waals surface area contributed by atoms with Crippen LogP contribution in [0.2, 0.25) is 0 Å². The number of methoxy groups -OCH3 is 1. The van der Waals surface area contributed by atoms with Gasteiger partial charge in [0, 0.05) is 12.1 Å². The molecule has 0 aliphatic heterocycles. The molecule has 1 heterocycles. The lowest BCUT2D eigenvalue weighted by molar-refractivity contribution is 0.102. The first-order valence-electron chi connectivity index (χ1n) is 9.69. The maximum absolute atomic E-state index is 12.5. The molecule has 0 N–H and O–H groups in total. The lowest BCUT2D eigenvalue weighted by Gasteiger charge is -2.09. The SMILES string of the molecule is C=CCn1c(COc2ccc(CC)cc2)nnc1SCC(=O)c1ccc(OC)cc1. The number of hydrogen-bond donors (Lipinski definition) is 0. The maximum atomic E-state index is 12.5. The van der Waals surface area contributed by atoms with Crippen LogP contribution >= 0.6 is 11.8 Å². The highest BCUT2D eigenvalue weighted by Crippen LogP contribution is 2.21. The number of aromatic nitrogens is 3. The minimum atomic E-state index is 0.0182. The molecule has 0 fully saturated rings. The Hall–Kier alpha value is -3.06. The number of thioether (sulfide) groups is 1. The second kappa shape index (κ2) is 10.6. The molecule has 0 aliphatic carbocycles. The Morgan fingerprint density at radius 1 is 1.10 bits per heavy atom. The van der Waals surface area contributed by atoms with Crippen LogP contribution in [0.15, 0.2) is 66.3 Å². The van der Waals surface area contributed by atoms with Gasteiger partial charge in [0.25, 0.3) is 0 Å². The molecular formula is C23H25N3O3S. The van der Waals surface area contributed by atoms with Crippen molar-refractivity contribution in [2.75, 3.05) is 12.9 Å². The number of aryl methyl sites for hydroxylation is 1. The van der Waals surface area contributed by atoms with Crippen molar-refractivity contribution in [3.05, 3.63) is 78.1 Å². The summed E-state index contributed by atoms with van der Waals surface area (Å²) in [5, 5.41) is 9.16. The highest BCUT2D eigenvalue weighted by atomic mass is 32.2. The molecule has 0 radical (unpaired) electrons. The minimum absolute atomic E-state index is 0.0182. The number of nitrogens with zero attached hydrogens (tertiary/aromatic N) is 3. The smallest absolute Gasteiger partial charge is 0.192 e. The number of benzene rings is 2. The third-order valence-electron chi connectivity index (χ3n) is 4.55. The number of Topliss-reactive ketones (excluding diaryl/α,β-unsaturated/α-hetero) is 1. The molecule has 156 valence electrons. The normalized spacial score (nSPS) is 10.6. The molecule has 0 bridgehead atoms. The summed E-state index contributed by atoms with van der Waals surface area (Å²) in [7, 11) is 1.60. The number of rotatable bonds is 11. The summed E-state index contributed by atoms with van der Waals surface area (Å²) in [6.07, 6.45) is 2.77. The second-order valence-corrected chi connectivity index (χ2v) is 7.47. The molecule has 1 aromatic heterocycles. The van der Waals surface area contributed by atoms with Crippen LogP contribution in [-0.4, -0.2) is 33.4 Å². The summed E-state index contributed by atoms with van der Waals surface area (Å²) in [5.41, 5.74) is 1.90. The van der Waals surface area contributed by atoms with Crippen molar-refractivity contribution in [3.63, 3.8) is 0 Å². The van der Waals surface area contributed by atoms with Crippen molar-refractivity contribution in [2.45, 2.75) is 31.7 Å². The predicted molar refractivity (Wildman–Crippen MR) is 118 cm³/mol. The van der Waals surface area contributed by atoms with E-state index in [1.807, 2.05) is 16.7 Å². The number of hydrogen-bond acceptors (Lipinski definition) is 6. The molecule has 0 saturated heterocycles. The van der Waals surface area contributed by atoms with Crippen LogP contribution < -0.4 is 9.47 Å². The molecule has 0 amide bonds. The van der Waals surface area contributed by atoms with E-state index in [1.54, 1.807) is 37.5 Å². The van der Waals surface area contributed by atoms with Crippen molar-refractivity contribution in [2.24, 2.45) is 0 Å². The first-order chi connectivity index (χ1) is 14.6. The number of carbonyl (C=O) groups excluding carboxylic acids is 1. The fraction of sp³-hybridized carbons (Fsp3) is 0.261. The number of allylic oxidation sites excluding steroid dienone is 1. The third-order valence-corrected chi connectivity index (χ3v) is 5.52. The van der Waals surface area contributed by atoms with E-state index in [2.05, 4.69) is 35.8 Å². The van der Waals surface area contributed by atoms with Gasteiger partial charge in [-0.2, -0.15) is 0 Å². The molecule has 30 heavy (non-hydrogen) atoms. The molecular weight excluding hydrogens is 398 g/mol. The van der Waals surface area contributed by atoms with E-state index in [-0.39, 0.29) is 11.5 Å². The number of carbonyl (C=O) groups is 1. The molecule has 0 aliphatic rings. The minimum Gasteiger partial charge on any atom is -0.497 e. The van der Waals surface area contributed by atoms with Gasteiger partial charge in [0.15, 0.2) is 16.8 Å². The van der Waals surface area contributed by atoms with Crippen molar-refractivity contribution in [3.8, 4) is 11.5 Å². The Bertz CT molecular complexity index is 982. The molecule has 6 nitrogen and oxygen atoms in total. The molecule has 3 rings (SSSR count). The molecule has 3 aromatic rings. The molecule has 0 spiro atoms. The van der Waals surface area contributed by atoms with Gasteiger partial charge < -0.3 is 9.47 Å². The van der Waals surface area contributed by atoms with Crippen molar-refractivity contribution in [1.82, 2.24) is 14.8 Å². The van der Waals surface area contributed by atoms with Gasteiger partial charge in [0.05, 0.1) is 12.9 Å². The highest BCUT2D eigenvalue weighted by molar-refractivity contribution is 7.99. The summed E-state index contributed by atoms with van der Waals surface area (Å²) in [6, 6.07) is 15.1. The molecule has 2 aromatic carbocycles. The summed E-state index contributed by atoms with van der Waals surface area (Å²) in [6.45, 7) is 6.76. The molecule has 0 atom stereocenters. The molecule has 0 saturated carbocycles. The first-order valence-corrected chi connectivity index (χ1v) is 10.7.